The van der Waals surface area contributed by atoms with Gasteiger partial charge in [0.15, 0.2) is 0 Å². The average Bonchev–Trinajstić information content (AvgIpc) is 2.32. The molecule has 1 aliphatic rings. The molecule has 3 heteroatoms. The second-order valence-corrected chi connectivity index (χ2v) is 4.90. The Balaban J connectivity index is 1.98. The van der Waals surface area contributed by atoms with E-state index in [9.17, 15) is 9.50 Å². The van der Waals surface area contributed by atoms with Gasteiger partial charge in [-0.3, -0.25) is 0 Å². The number of hydrogen-bond acceptors (Lipinski definition) is 2. The van der Waals surface area contributed by atoms with Crippen molar-refractivity contribution in [1.29, 1.82) is 0 Å². The van der Waals surface area contributed by atoms with Crippen molar-refractivity contribution in [3.8, 4) is 0 Å². The Morgan fingerprint density at radius 3 is 2.82 bits per heavy atom. The summed E-state index contributed by atoms with van der Waals surface area (Å²) in [7, 11) is 0. The van der Waals surface area contributed by atoms with Crippen molar-refractivity contribution < 1.29 is 9.50 Å². The molecule has 0 bridgehead atoms. The Morgan fingerprint density at radius 2 is 2.12 bits per heavy atom. The van der Waals surface area contributed by atoms with Crippen LogP contribution in [0.1, 0.15) is 44.2 Å². The Morgan fingerprint density at radius 1 is 1.35 bits per heavy atom. The molecule has 2 rings (SSSR count). The minimum absolute atomic E-state index is 0.0726. The number of nitrogens with one attached hydrogen (secondary N) is 1. The maximum absolute atomic E-state index is 13.1. The molecule has 3 atom stereocenters. The summed E-state index contributed by atoms with van der Waals surface area (Å²) in [5, 5.41) is 13.3. The molecule has 94 valence electrons. The normalized spacial score (nSPS) is 26.8. The second-order valence-electron chi connectivity index (χ2n) is 4.90. The van der Waals surface area contributed by atoms with Gasteiger partial charge in [-0.1, -0.05) is 25.0 Å². The van der Waals surface area contributed by atoms with E-state index in [-0.39, 0.29) is 24.0 Å². The number of benzene rings is 1. The summed E-state index contributed by atoms with van der Waals surface area (Å²) >= 11 is 0. The molecule has 1 saturated carbocycles. The first-order valence-electron chi connectivity index (χ1n) is 6.36. The molecule has 2 nitrogen and oxygen atoms in total. The molecule has 17 heavy (non-hydrogen) atoms. The Hall–Kier alpha value is -0.930. The molecule has 1 aliphatic carbocycles. The van der Waals surface area contributed by atoms with Gasteiger partial charge in [-0.2, -0.15) is 0 Å². The fraction of sp³-hybridized carbons (Fsp3) is 0.571. The predicted octanol–water partition coefficient (Wildman–Crippen LogP) is 2.78. The van der Waals surface area contributed by atoms with Crippen LogP contribution in [0.25, 0.3) is 0 Å². The van der Waals surface area contributed by atoms with E-state index in [1.807, 2.05) is 13.0 Å². The number of aliphatic hydroxyl groups excluding tert-OH is 1. The Bertz CT molecular complexity index is 369. The summed E-state index contributed by atoms with van der Waals surface area (Å²) in [6.07, 6.45) is 3.87. The molecule has 0 radical (unpaired) electrons. The van der Waals surface area contributed by atoms with Gasteiger partial charge in [0.1, 0.15) is 5.82 Å². The molecule has 0 unspecified atom stereocenters. The molecule has 0 aromatic heterocycles. The first-order valence-corrected chi connectivity index (χ1v) is 6.36. The summed E-state index contributed by atoms with van der Waals surface area (Å²) in [6.45, 7) is 2.01. The highest BCUT2D eigenvalue weighted by molar-refractivity contribution is 5.19. The molecule has 1 aromatic carbocycles. The minimum Gasteiger partial charge on any atom is -0.392 e. The molecule has 1 aromatic rings. The molecule has 0 spiro atoms. The summed E-state index contributed by atoms with van der Waals surface area (Å²) in [5.74, 6) is -0.208. The van der Waals surface area contributed by atoms with Crippen molar-refractivity contribution in [2.24, 2.45) is 0 Å². The van der Waals surface area contributed by atoms with Crippen molar-refractivity contribution in [2.45, 2.75) is 50.8 Å². The minimum atomic E-state index is -0.264. The zero-order valence-corrected chi connectivity index (χ0v) is 10.2. The van der Waals surface area contributed by atoms with Crippen LogP contribution in [0.2, 0.25) is 0 Å². The zero-order chi connectivity index (χ0) is 12.3. The smallest absolute Gasteiger partial charge is 0.123 e. The van der Waals surface area contributed by atoms with E-state index in [0.29, 0.717) is 0 Å². The molecule has 0 heterocycles. The van der Waals surface area contributed by atoms with Gasteiger partial charge in [-0.25, -0.2) is 4.39 Å². The quantitative estimate of drug-likeness (QED) is 0.847. The van der Waals surface area contributed by atoms with E-state index >= 15 is 0 Å². The lowest BCUT2D eigenvalue weighted by Crippen LogP contribution is -2.43. The van der Waals surface area contributed by atoms with Crippen molar-refractivity contribution in [1.82, 2.24) is 5.32 Å². The lowest BCUT2D eigenvalue weighted by Gasteiger charge is -2.31. The van der Waals surface area contributed by atoms with Crippen LogP contribution in [-0.4, -0.2) is 17.3 Å². The maximum atomic E-state index is 13.1. The molecule has 2 N–H and O–H groups in total. The third kappa shape index (κ3) is 3.27. The van der Waals surface area contributed by atoms with E-state index in [1.165, 1.54) is 6.07 Å². The van der Waals surface area contributed by atoms with Crippen molar-refractivity contribution in [3.05, 3.63) is 35.6 Å². The SMILES string of the molecule is C[C@H](N[C@H]1CCCC[C@@H]1O)c1cccc(F)c1. The first-order chi connectivity index (χ1) is 8.16. The van der Waals surface area contributed by atoms with Crippen LogP contribution < -0.4 is 5.32 Å². The third-order valence-corrected chi connectivity index (χ3v) is 3.54. The van der Waals surface area contributed by atoms with Gasteiger partial charge in [0.25, 0.3) is 0 Å². The third-order valence-electron chi connectivity index (χ3n) is 3.54. The summed E-state index contributed by atoms with van der Waals surface area (Å²) in [5.41, 5.74) is 0.933. The molecule has 1 fully saturated rings. The van der Waals surface area contributed by atoms with E-state index in [1.54, 1.807) is 12.1 Å². The van der Waals surface area contributed by atoms with Crippen LogP contribution in [0.3, 0.4) is 0 Å². The number of aliphatic hydroxyl groups is 1. The topological polar surface area (TPSA) is 32.3 Å². The summed E-state index contributed by atoms with van der Waals surface area (Å²) < 4.78 is 13.1. The largest absolute Gasteiger partial charge is 0.392 e. The number of hydrogen-bond donors (Lipinski definition) is 2. The van der Waals surface area contributed by atoms with Crippen molar-refractivity contribution >= 4 is 0 Å². The average molecular weight is 237 g/mol. The van der Waals surface area contributed by atoms with E-state index in [2.05, 4.69) is 5.32 Å². The van der Waals surface area contributed by atoms with Crippen LogP contribution in [0.15, 0.2) is 24.3 Å². The molecule has 0 amide bonds. The molecular formula is C14H20FNO. The molecule has 0 saturated heterocycles. The van der Waals surface area contributed by atoms with Crippen molar-refractivity contribution in [2.75, 3.05) is 0 Å². The predicted molar refractivity (Wildman–Crippen MR) is 66.2 cm³/mol. The number of rotatable bonds is 3. The molecular weight excluding hydrogens is 217 g/mol. The number of halogens is 1. The van der Waals surface area contributed by atoms with Gasteiger partial charge in [-0.15, -0.1) is 0 Å². The van der Waals surface area contributed by atoms with Crippen LogP contribution in [0, 0.1) is 5.82 Å². The van der Waals surface area contributed by atoms with Crippen molar-refractivity contribution in [3.63, 3.8) is 0 Å². The van der Waals surface area contributed by atoms with Crippen LogP contribution in [0.5, 0.6) is 0 Å². The van der Waals surface area contributed by atoms with Gasteiger partial charge in [0.2, 0.25) is 0 Å². The molecule has 0 aliphatic heterocycles. The Kier molecular flexibility index (Phi) is 4.13. The van der Waals surface area contributed by atoms with E-state index in [4.69, 9.17) is 0 Å². The fourth-order valence-electron chi connectivity index (χ4n) is 2.50. The standard InChI is InChI=1S/C14H20FNO/c1-10(11-5-4-6-12(15)9-11)16-13-7-2-3-8-14(13)17/h4-6,9-10,13-14,16-17H,2-3,7-8H2,1H3/t10-,13-,14-/m0/s1. The second kappa shape index (κ2) is 5.61. The van der Waals surface area contributed by atoms with Gasteiger partial charge in [0, 0.05) is 12.1 Å². The highest BCUT2D eigenvalue weighted by Gasteiger charge is 2.24. The van der Waals surface area contributed by atoms with Gasteiger partial charge >= 0.3 is 0 Å². The summed E-state index contributed by atoms with van der Waals surface area (Å²) in [6, 6.07) is 6.85. The fourth-order valence-corrected chi connectivity index (χ4v) is 2.50. The maximum Gasteiger partial charge on any atom is 0.123 e. The lowest BCUT2D eigenvalue weighted by molar-refractivity contribution is 0.0859. The van der Waals surface area contributed by atoms with Crippen LogP contribution in [-0.2, 0) is 0 Å². The monoisotopic (exact) mass is 237 g/mol. The first kappa shape index (κ1) is 12.5. The van der Waals surface area contributed by atoms with Crippen LogP contribution >= 0.6 is 0 Å². The van der Waals surface area contributed by atoms with Gasteiger partial charge in [-0.05, 0) is 37.5 Å². The van der Waals surface area contributed by atoms with Gasteiger partial charge < -0.3 is 10.4 Å². The van der Waals surface area contributed by atoms with E-state index < -0.39 is 0 Å². The zero-order valence-electron chi connectivity index (χ0n) is 10.2. The summed E-state index contributed by atoms with van der Waals surface area (Å²) in [4.78, 5) is 0. The lowest BCUT2D eigenvalue weighted by atomic mass is 9.91. The highest BCUT2D eigenvalue weighted by Crippen LogP contribution is 2.22. The Labute approximate surface area is 102 Å². The highest BCUT2D eigenvalue weighted by atomic mass is 19.1. The van der Waals surface area contributed by atoms with E-state index in [0.717, 1.165) is 31.2 Å². The van der Waals surface area contributed by atoms with Gasteiger partial charge in [0.05, 0.1) is 6.10 Å². The van der Waals surface area contributed by atoms with Crippen LogP contribution in [0.4, 0.5) is 4.39 Å².